The van der Waals surface area contributed by atoms with E-state index in [0.717, 1.165) is 11.6 Å². The SMILES string of the molecule is COc1ccc(OC)c(C(=O)O)c1C=CC(=O)OCc1ccccc1. The predicted octanol–water partition coefficient (Wildman–Crippen LogP) is 3.16. The molecule has 0 aromatic heterocycles. The van der Waals surface area contributed by atoms with E-state index in [9.17, 15) is 14.7 Å². The maximum Gasteiger partial charge on any atom is 0.340 e. The van der Waals surface area contributed by atoms with Gasteiger partial charge >= 0.3 is 11.9 Å². The summed E-state index contributed by atoms with van der Waals surface area (Å²) in [6.07, 6.45) is 2.50. The van der Waals surface area contributed by atoms with Crippen molar-refractivity contribution in [3.8, 4) is 11.5 Å². The van der Waals surface area contributed by atoms with Gasteiger partial charge in [-0.2, -0.15) is 0 Å². The molecule has 130 valence electrons. The Morgan fingerprint density at radius 1 is 1.00 bits per heavy atom. The van der Waals surface area contributed by atoms with Gasteiger partial charge in [0.05, 0.1) is 14.2 Å². The van der Waals surface area contributed by atoms with Crippen molar-refractivity contribution in [1.29, 1.82) is 0 Å². The molecule has 2 aromatic carbocycles. The van der Waals surface area contributed by atoms with Crippen molar-refractivity contribution in [1.82, 2.24) is 0 Å². The Kier molecular flexibility index (Phi) is 6.17. The highest BCUT2D eigenvalue weighted by atomic mass is 16.5. The zero-order chi connectivity index (χ0) is 18.2. The van der Waals surface area contributed by atoms with Gasteiger partial charge in [0.2, 0.25) is 0 Å². The van der Waals surface area contributed by atoms with E-state index >= 15 is 0 Å². The highest BCUT2D eigenvalue weighted by molar-refractivity contribution is 5.98. The van der Waals surface area contributed by atoms with E-state index in [1.54, 1.807) is 6.07 Å². The zero-order valence-corrected chi connectivity index (χ0v) is 13.9. The Hall–Kier alpha value is -3.28. The van der Waals surface area contributed by atoms with Crippen LogP contribution in [0, 0.1) is 0 Å². The molecular weight excluding hydrogens is 324 g/mol. The van der Waals surface area contributed by atoms with Crippen LogP contribution in [0.4, 0.5) is 0 Å². The average Bonchev–Trinajstić information content (AvgIpc) is 2.64. The third-order valence-electron chi connectivity index (χ3n) is 3.43. The smallest absolute Gasteiger partial charge is 0.340 e. The molecule has 0 fully saturated rings. The number of methoxy groups -OCH3 is 2. The van der Waals surface area contributed by atoms with E-state index in [2.05, 4.69) is 0 Å². The Morgan fingerprint density at radius 2 is 1.64 bits per heavy atom. The molecule has 1 N–H and O–H groups in total. The van der Waals surface area contributed by atoms with Crippen LogP contribution in [0.5, 0.6) is 11.5 Å². The van der Waals surface area contributed by atoms with Crippen LogP contribution in [0.2, 0.25) is 0 Å². The van der Waals surface area contributed by atoms with Crippen LogP contribution < -0.4 is 9.47 Å². The van der Waals surface area contributed by atoms with Crippen LogP contribution in [0.25, 0.3) is 6.08 Å². The fraction of sp³-hybridized carbons (Fsp3) is 0.158. The third-order valence-corrected chi connectivity index (χ3v) is 3.43. The Labute approximate surface area is 145 Å². The van der Waals surface area contributed by atoms with E-state index < -0.39 is 11.9 Å². The maximum absolute atomic E-state index is 11.9. The zero-order valence-electron chi connectivity index (χ0n) is 13.9. The number of carboxylic acids is 1. The summed E-state index contributed by atoms with van der Waals surface area (Å²) in [7, 11) is 2.79. The Bertz CT molecular complexity index is 780. The summed E-state index contributed by atoms with van der Waals surface area (Å²) in [5, 5.41) is 9.43. The van der Waals surface area contributed by atoms with Gasteiger partial charge in [-0.05, 0) is 23.8 Å². The number of ether oxygens (including phenoxy) is 3. The first-order valence-electron chi connectivity index (χ1n) is 7.44. The summed E-state index contributed by atoms with van der Waals surface area (Å²) in [4.78, 5) is 23.4. The molecule has 0 radical (unpaired) electrons. The molecule has 0 atom stereocenters. The largest absolute Gasteiger partial charge is 0.496 e. The van der Waals surface area contributed by atoms with Crippen LogP contribution in [-0.2, 0) is 16.1 Å². The van der Waals surface area contributed by atoms with Crippen LogP contribution in [-0.4, -0.2) is 31.3 Å². The lowest BCUT2D eigenvalue weighted by Gasteiger charge is -2.12. The van der Waals surface area contributed by atoms with Crippen LogP contribution in [0.3, 0.4) is 0 Å². The number of rotatable bonds is 7. The second-order valence-electron chi connectivity index (χ2n) is 4.99. The minimum atomic E-state index is -1.19. The van der Waals surface area contributed by atoms with Crippen molar-refractivity contribution in [2.24, 2.45) is 0 Å². The highest BCUT2D eigenvalue weighted by Crippen LogP contribution is 2.31. The minimum Gasteiger partial charge on any atom is -0.496 e. The maximum atomic E-state index is 11.9. The molecule has 0 aliphatic carbocycles. The van der Waals surface area contributed by atoms with Gasteiger partial charge < -0.3 is 19.3 Å². The molecule has 0 aliphatic heterocycles. The fourth-order valence-corrected chi connectivity index (χ4v) is 2.24. The number of carbonyl (C=O) groups is 2. The molecule has 2 aromatic rings. The van der Waals surface area contributed by atoms with Crippen molar-refractivity contribution in [3.05, 3.63) is 65.2 Å². The van der Waals surface area contributed by atoms with Crippen molar-refractivity contribution in [2.45, 2.75) is 6.61 Å². The lowest BCUT2D eigenvalue weighted by atomic mass is 10.0. The molecule has 0 saturated heterocycles. The number of hydrogen-bond donors (Lipinski definition) is 1. The molecule has 0 aliphatic rings. The van der Waals surface area contributed by atoms with E-state index in [-0.39, 0.29) is 23.5 Å². The van der Waals surface area contributed by atoms with E-state index in [1.165, 1.54) is 26.4 Å². The molecular formula is C19H18O6. The van der Waals surface area contributed by atoms with Crippen molar-refractivity contribution in [2.75, 3.05) is 14.2 Å². The van der Waals surface area contributed by atoms with Crippen LogP contribution >= 0.6 is 0 Å². The van der Waals surface area contributed by atoms with Crippen molar-refractivity contribution in [3.63, 3.8) is 0 Å². The first kappa shape index (κ1) is 18.1. The number of aromatic carboxylic acids is 1. The molecule has 6 heteroatoms. The summed E-state index contributed by atoms with van der Waals surface area (Å²) >= 11 is 0. The van der Waals surface area contributed by atoms with E-state index in [0.29, 0.717) is 5.75 Å². The lowest BCUT2D eigenvalue weighted by Crippen LogP contribution is -2.06. The lowest BCUT2D eigenvalue weighted by molar-refractivity contribution is -0.138. The van der Waals surface area contributed by atoms with Crippen LogP contribution in [0.15, 0.2) is 48.5 Å². The summed E-state index contributed by atoms with van der Waals surface area (Å²) in [6, 6.07) is 12.3. The second kappa shape index (κ2) is 8.54. The van der Waals surface area contributed by atoms with Crippen LogP contribution in [0.1, 0.15) is 21.5 Å². The molecule has 6 nitrogen and oxygen atoms in total. The quantitative estimate of drug-likeness (QED) is 0.615. The monoisotopic (exact) mass is 342 g/mol. The van der Waals surface area contributed by atoms with Gasteiger partial charge in [-0.25, -0.2) is 9.59 Å². The molecule has 0 amide bonds. The molecule has 0 unspecified atom stereocenters. The van der Waals surface area contributed by atoms with E-state index in [4.69, 9.17) is 14.2 Å². The van der Waals surface area contributed by atoms with Gasteiger partial charge in [0, 0.05) is 11.6 Å². The topological polar surface area (TPSA) is 82.1 Å². The first-order valence-corrected chi connectivity index (χ1v) is 7.44. The van der Waals surface area contributed by atoms with Gasteiger partial charge in [0.15, 0.2) is 0 Å². The van der Waals surface area contributed by atoms with Gasteiger partial charge in [0.25, 0.3) is 0 Å². The highest BCUT2D eigenvalue weighted by Gasteiger charge is 2.19. The molecule has 0 saturated carbocycles. The number of hydrogen-bond acceptors (Lipinski definition) is 5. The first-order chi connectivity index (χ1) is 12.1. The minimum absolute atomic E-state index is 0.0889. The van der Waals surface area contributed by atoms with Crippen molar-refractivity contribution < 1.29 is 28.9 Å². The number of carboxylic acid groups (broad SMARTS) is 1. The number of carbonyl (C=O) groups excluding carboxylic acids is 1. The van der Waals surface area contributed by atoms with Gasteiger partial charge in [-0.3, -0.25) is 0 Å². The predicted molar refractivity (Wildman–Crippen MR) is 91.8 cm³/mol. The number of esters is 1. The number of benzene rings is 2. The second-order valence-corrected chi connectivity index (χ2v) is 4.99. The van der Waals surface area contributed by atoms with Gasteiger partial charge in [-0.15, -0.1) is 0 Å². The Morgan fingerprint density at radius 3 is 2.24 bits per heavy atom. The van der Waals surface area contributed by atoms with Gasteiger partial charge in [0.1, 0.15) is 23.7 Å². The molecule has 0 spiro atoms. The fourth-order valence-electron chi connectivity index (χ4n) is 2.24. The summed E-state index contributed by atoms with van der Waals surface area (Å²) in [5.41, 5.74) is 0.995. The summed E-state index contributed by atoms with van der Waals surface area (Å²) in [6.45, 7) is 0.130. The van der Waals surface area contributed by atoms with Gasteiger partial charge in [-0.1, -0.05) is 30.3 Å². The van der Waals surface area contributed by atoms with Crippen molar-refractivity contribution >= 4 is 18.0 Å². The molecule has 2 rings (SSSR count). The average molecular weight is 342 g/mol. The molecule has 25 heavy (non-hydrogen) atoms. The normalized spacial score (nSPS) is 10.5. The Balaban J connectivity index is 2.21. The van der Waals surface area contributed by atoms with E-state index in [1.807, 2.05) is 30.3 Å². The third kappa shape index (κ3) is 4.60. The standard InChI is InChI=1S/C19H18O6/c1-23-15-9-10-16(24-2)18(19(21)22)14(15)8-11-17(20)25-12-13-6-4-3-5-7-13/h3-11H,12H2,1-2H3,(H,21,22). The molecule has 0 heterocycles. The summed E-state index contributed by atoms with van der Waals surface area (Å²) in [5.74, 6) is -1.30. The summed E-state index contributed by atoms with van der Waals surface area (Å²) < 4.78 is 15.4. The molecule has 0 bridgehead atoms.